The summed E-state index contributed by atoms with van der Waals surface area (Å²) >= 11 is 0. The quantitative estimate of drug-likeness (QED) is 0.450. The third-order valence-corrected chi connectivity index (χ3v) is 4.98. The maximum atomic E-state index is 12.8. The fourth-order valence-electron chi connectivity index (χ4n) is 3.33. The summed E-state index contributed by atoms with van der Waals surface area (Å²) in [5.74, 6) is -0.417. The van der Waals surface area contributed by atoms with Crippen molar-refractivity contribution in [2.45, 2.75) is 32.7 Å². The van der Waals surface area contributed by atoms with Gasteiger partial charge in [-0.3, -0.25) is 4.79 Å². The van der Waals surface area contributed by atoms with Crippen LogP contribution in [0.5, 0.6) is 5.88 Å². The lowest BCUT2D eigenvalue weighted by molar-refractivity contribution is -0.138. The van der Waals surface area contributed by atoms with Crippen molar-refractivity contribution in [3.63, 3.8) is 0 Å². The average Bonchev–Trinajstić information content (AvgIpc) is 3.30. The first kappa shape index (κ1) is 21.4. The lowest BCUT2D eigenvalue weighted by atomic mass is 10.2. The van der Waals surface area contributed by atoms with E-state index in [0.717, 1.165) is 23.0 Å². The Morgan fingerprint density at radius 2 is 1.81 bits per heavy atom. The van der Waals surface area contributed by atoms with Gasteiger partial charge in [0.1, 0.15) is 12.3 Å². The molecule has 0 aliphatic rings. The molecule has 0 fully saturated rings. The van der Waals surface area contributed by atoms with Gasteiger partial charge in [0, 0.05) is 18.0 Å². The predicted octanol–water partition coefficient (Wildman–Crippen LogP) is 4.60. The summed E-state index contributed by atoms with van der Waals surface area (Å²) in [5, 5.41) is 18.6. The number of carbonyl (C=O) groups is 1. The number of fused-ring (bicyclic) bond motifs is 1. The molecule has 10 heteroatoms. The van der Waals surface area contributed by atoms with Crippen LogP contribution >= 0.6 is 0 Å². The molecule has 0 spiro atoms. The lowest BCUT2D eigenvalue weighted by Gasteiger charge is -2.10. The maximum absolute atomic E-state index is 12.8. The van der Waals surface area contributed by atoms with Crippen molar-refractivity contribution in [3.8, 4) is 11.6 Å². The van der Waals surface area contributed by atoms with Crippen LogP contribution in [0.1, 0.15) is 23.4 Å². The van der Waals surface area contributed by atoms with E-state index in [1.165, 1.54) is 16.9 Å². The Morgan fingerprint density at radius 3 is 2.50 bits per heavy atom. The molecule has 0 saturated carbocycles. The molecular formula is C22H19F3N4O3. The third kappa shape index (κ3) is 4.43. The number of aromatic nitrogens is 4. The molecule has 0 unspecified atom stereocenters. The van der Waals surface area contributed by atoms with Crippen molar-refractivity contribution in [3.05, 3.63) is 71.5 Å². The van der Waals surface area contributed by atoms with Crippen molar-refractivity contribution in [1.82, 2.24) is 19.6 Å². The van der Waals surface area contributed by atoms with E-state index >= 15 is 0 Å². The van der Waals surface area contributed by atoms with Crippen LogP contribution in [0.3, 0.4) is 0 Å². The number of carboxylic acid groups (broad SMARTS) is 1. The monoisotopic (exact) mass is 444 g/mol. The molecule has 0 radical (unpaired) electrons. The minimum Gasteiger partial charge on any atom is -0.481 e. The number of aryl methyl sites for hydroxylation is 2. The predicted molar refractivity (Wildman–Crippen MR) is 110 cm³/mol. The molecule has 166 valence electrons. The summed E-state index contributed by atoms with van der Waals surface area (Å²) in [5.41, 5.74) is 1.58. The first-order valence-corrected chi connectivity index (χ1v) is 9.75. The lowest BCUT2D eigenvalue weighted by Crippen LogP contribution is -2.08. The number of nitrogens with zero attached hydrogens (tertiary/aromatic N) is 4. The van der Waals surface area contributed by atoms with Crippen LogP contribution in [0.25, 0.3) is 16.6 Å². The number of rotatable bonds is 7. The van der Waals surface area contributed by atoms with Gasteiger partial charge in [0.15, 0.2) is 5.88 Å². The smallest absolute Gasteiger partial charge is 0.416 e. The van der Waals surface area contributed by atoms with Gasteiger partial charge in [0.05, 0.1) is 28.9 Å². The third-order valence-electron chi connectivity index (χ3n) is 4.98. The van der Waals surface area contributed by atoms with Gasteiger partial charge >= 0.3 is 12.1 Å². The van der Waals surface area contributed by atoms with Gasteiger partial charge in [-0.05, 0) is 37.3 Å². The van der Waals surface area contributed by atoms with Crippen LogP contribution in [-0.4, -0.2) is 30.6 Å². The highest BCUT2D eigenvalue weighted by Gasteiger charge is 2.30. The van der Waals surface area contributed by atoms with Crippen molar-refractivity contribution in [2.75, 3.05) is 0 Å². The van der Waals surface area contributed by atoms with E-state index in [-0.39, 0.29) is 19.6 Å². The SMILES string of the molecule is Cc1nn(-c2ccc(C(F)(F)F)cc2)nc1COc1cc2ccccc2n1CCC(=O)O. The largest absolute Gasteiger partial charge is 0.481 e. The van der Waals surface area contributed by atoms with Crippen LogP contribution in [0.15, 0.2) is 54.6 Å². The molecule has 2 aromatic heterocycles. The number of carboxylic acids is 1. The van der Waals surface area contributed by atoms with Gasteiger partial charge in [-0.15, -0.1) is 5.10 Å². The topological polar surface area (TPSA) is 82.2 Å². The number of halogens is 3. The summed E-state index contributed by atoms with van der Waals surface area (Å²) in [6.45, 7) is 2.04. The molecule has 2 heterocycles. The van der Waals surface area contributed by atoms with Crippen LogP contribution in [0.4, 0.5) is 13.2 Å². The van der Waals surface area contributed by atoms with Crippen molar-refractivity contribution >= 4 is 16.9 Å². The second kappa shape index (κ2) is 8.37. The van der Waals surface area contributed by atoms with Crippen LogP contribution in [-0.2, 0) is 24.1 Å². The Hall–Kier alpha value is -3.82. The summed E-state index contributed by atoms with van der Waals surface area (Å²) in [4.78, 5) is 12.3. The Labute approximate surface area is 180 Å². The second-order valence-electron chi connectivity index (χ2n) is 7.19. The van der Waals surface area contributed by atoms with Crippen molar-refractivity contribution < 1.29 is 27.8 Å². The Bertz CT molecular complexity index is 1260. The molecule has 4 rings (SSSR count). The molecule has 4 aromatic rings. The minimum atomic E-state index is -4.41. The fraction of sp³-hybridized carbons (Fsp3) is 0.227. The summed E-state index contributed by atoms with van der Waals surface area (Å²) in [6, 6.07) is 13.9. The van der Waals surface area contributed by atoms with E-state index < -0.39 is 17.7 Å². The van der Waals surface area contributed by atoms with E-state index in [2.05, 4.69) is 10.2 Å². The minimum absolute atomic E-state index is 0.0574. The van der Waals surface area contributed by atoms with Gasteiger partial charge in [0.2, 0.25) is 0 Å². The zero-order valence-electron chi connectivity index (χ0n) is 17.0. The molecule has 0 amide bonds. The van der Waals surface area contributed by atoms with Crippen molar-refractivity contribution in [1.29, 1.82) is 0 Å². The van der Waals surface area contributed by atoms with Crippen molar-refractivity contribution in [2.24, 2.45) is 0 Å². The molecule has 1 N–H and O–H groups in total. The number of ether oxygens (including phenoxy) is 1. The van der Waals surface area contributed by atoms with E-state index in [1.54, 1.807) is 11.5 Å². The molecule has 0 bridgehead atoms. The Kier molecular flexibility index (Phi) is 5.60. The zero-order valence-corrected chi connectivity index (χ0v) is 17.0. The van der Waals surface area contributed by atoms with Gasteiger partial charge in [0.25, 0.3) is 0 Å². The number of aliphatic carboxylic acids is 1. The maximum Gasteiger partial charge on any atom is 0.416 e. The standard InChI is InChI=1S/C22H19F3N4O3/c1-14-18(27-29(26-14)17-8-6-16(7-9-17)22(23,24)25)13-32-20-12-15-4-2-3-5-19(15)28(20)11-10-21(30)31/h2-9,12H,10-11,13H2,1H3,(H,30,31). The number of para-hydroxylation sites is 1. The molecule has 32 heavy (non-hydrogen) atoms. The van der Waals surface area contributed by atoms with Crippen LogP contribution in [0.2, 0.25) is 0 Å². The molecule has 0 saturated heterocycles. The van der Waals surface area contributed by atoms with Gasteiger partial charge < -0.3 is 14.4 Å². The second-order valence-corrected chi connectivity index (χ2v) is 7.19. The first-order valence-electron chi connectivity index (χ1n) is 9.75. The molecular weight excluding hydrogens is 425 g/mol. The number of hydrogen-bond acceptors (Lipinski definition) is 4. The summed E-state index contributed by atoms with van der Waals surface area (Å²) in [7, 11) is 0. The highest BCUT2D eigenvalue weighted by atomic mass is 19.4. The zero-order chi connectivity index (χ0) is 22.9. The van der Waals surface area contributed by atoms with E-state index in [9.17, 15) is 18.0 Å². The average molecular weight is 444 g/mol. The highest BCUT2D eigenvalue weighted by Crippen LogP contribution is 2.30. The number of benzene rings is 2. The van der Waals surface area contributed by atoms with Crippen LogP contribution in [0, 0.1) is 6.92 Å². The molecule has 0 aliphatic carbocycles. The first-order chi connectivity index (χ1) is 15.2. The van der Waals surface area contributed by atoms with Gasteiger partial charge in [-0.1, -0.05) is 18.2 Å². The Morgan fingerprint density at radius 1 is 1.09 bits per heavy atom. The number of alkyl halides is 3. The van der Waals surface area contributed by atoms with Gasteiger partial charge in [-0.2, -0.15) is 23.1 Å². The molecule has 2 aromatic carbocycles. The highest BCUT2D eigenvalue weighted by molar-refractivity contribution is 5.82. The van der Waals surface area contributed by atoms with E-state index in [4.69, 9.17) is 9.84 Å². The molecule has 7 nitrogen and oxygen atoms in total. The fourth-order valence-corrected chi connectivity index (χ4v) is 3.33. The normalized spacial score (nSPS) is 11.8. The van der Waals surface area contributed by atoms with Gasteiger partial charge in [-0.25, -0.2) is 0 Å². The Balaban J connectivity index is 1.55. The molecule has 0 atom stereocenters. The summed E-state index contributed by atoms with van der Waals surface area (Å²) in [6.07, 6.45) is -4.47. The molecule has 0 aliphatic heterocycles. The van der Waals surface area contributed by atoms with E-state index in [0.29, 0.717) is 23.0 Å². The van der Waals surface area contributed by atoms with Crippen LogP contribution < -0.4 is 4.74 Å². The summed E-state index contributed by atoms with van der Waals surface area (Å²) < 4.78 is 46.0. The number of hydrogen-bond donors (Lipinski definition) is 1. The van der Waals surface area contributed by atoms with E-state index in [1.807, 2.05) is 30.3 Å².